The number of methoxy groups -OCH3 is 1. The van der Waals surface area contributed by atoms with E-state index in [1.165, 1.54) is 0 Å². The number of hydrogen-bond acceptors (Lipinski definition) is 2. The van der Waals surface area contributed by atoms with Gasteiger partial charge in [-0.1, -0.05) is 26.0 Å². The van der Waals surface area contributed by atoms with E-state index in [0.717, 1.165) is 11.3 Å². The normalized spacial score (nSPS) is 11.0. The van der Waals surface area contributed by atoms with Crippen molar-refractivity contribution in [3.05, 3.63) is 29.8 Å². The van der Waals surface area contributed by atoms with Gasteiger partial charge in [-0.05, 0) is 29.3 Å². The second-order valence-electron chi connectivity index (χ2n) is 4.24. The quantitative estimate of drug-likeness (QED) is 0.650. The Morgan fingerprint density at radius 2 is 2.19 bits per heavy atom. The van der Waals surface area contributed by atoms with E-state index in [4.69, 9.17) is 16.3 Å². The second kappa shape index (κ2) is 5.21. The van der Waals surface area contributed by atoms with E-state index in [2.05, 4.69) is 5.32 Å². The maximum Gasteiger partial charge on any atom is 0.313 e. The summed E-state index contributed by atoms with van der Waals surface area (Å²) in [6, 6.07) is 7.78. The zero-order valence-corrected chi connectivity index (χ0v) is 10.5. The minimum Gasteiger partial charge on any atom is -0.497 e. The average molecular weight is 242 g/mol. The second-order valence-corrected chi connectivity index (χ2v) is 4.59. The Labute approximate surface area is 101 Å². The third-order valence-electron chi connectivity index (χ3n) is 2.52. The summed E-state index contributed by atoms with van der Waals surface area (Å²) in [5.74, 6) is 0.808. The minimum atomic E-state index is -0.532. The average Bonchev–Trinajstić information content (AvgIpc) is 2.27. The fourth-order valence-corrected chi connectivity index (χ4v) is 1.50. The number of nitrogens with one attached hydrogen (secondary N) is 1. The Morgan fingerprint density at radius 1 is 1.50 bits per heavy atom. The first-order chi connectivity index (χ1) is 7.45. The molecule has 0 fully saturated rings. The summed E-state index contributed by atoms with van der Waals surface area (Å²) < 4.78 is 5.16. The van der Waals surface area contributed by atoms with Gasteiger partial charge in [0.25, 0.3) is 0 Å². The van der Waals surface area contributed by atoms with Gasteiger partial charge in [0.15, 0.2) is 0 Å². The summed E-state index contributed by atoms with van der Waals surface area (Å²) in [6.07, 6.45) is 0. The number of carbonyl (C=O) groups excluding carboxylic acids is 1. The molecule has 0 aliphatic rings. The summed E-state index contributed by atoms with van der Waals surface area (Å²) in [7, 11) is 1.63. The molecular weight excluding hydrogens is 226 g/mol. The first-order valence-electron chi connectivity index (χ1n) is 5.03. The molecule has 0 saturated heterocycles. The Balaban J connectivity index is 2.83. The predicted octanol–water partition coefficient (Wildman–Crippen LogP) is 2.92. The molecule has 1 amide bonds. The molecule has 16 heavy (non-hydrogen) atoms. The molecule has 3 nitrogen and oxygen atoms in total. The monoisotopic (exact) mass is 241 g/mol. The lowest BCUT2D eigenvalue weighted by molar-refractivity contribution is 0.257. The Kier molecular flexibility index (Phi) is 4.19. The van der Waals surface area contributed by atoms with Crippen LogP contribution in [0.1, 0.15) is 19.4 Å². The SMILES string of the molecule is COc1cccc(C(C)(C)CNC(=O)Cl)c1. The predicted molar refractivity (Wildman–Crippen MR) is 65.3 cm³/mol. The Bertz CT molecular complexity index is 377. The maximum atomic E-state index is 10.7. The van der Waals surface area contributed by atoms with Gasteiger partial charge in [0, 0.05) is 12.0 Å². The molecule has 88 valence electrons. The van der Waals surface area contributed by atoms with Crippen molar-refractivity contribution in [3.63, 3.8) is 0 Å². The van der Waals surface area contributed by atoms with Crippen molar-refractivity contribution < 1.29 is 9.53 Å². The summed E-state index contributed by atoms with van der Waals surface area (Å²) in [4.78, 5) is 10.7. The number of halogens is 1. The Morgan fingerprint density at radius 3 is 2.75 bits per heavy atom. The molecule has 0 aliphatic heterocycles. The summed E-state index contributed by atoms with van der Waals surface area (Å²) >= 11 is 5.26. The van der Waals surface area contributed by atoms with Crippen LogP contribution >= 0.6 is 11.6 Å². The summed E-state index contributed by atoms with van der Waals surface area (Å²) in [5.41, 5.74) is 0.913. The third kappa shape index (κ3) is 3.42. The van der Waals surface area contributed by atoms with E-state index in [1.54, 1.807) is 7.11 Å². The number of amides is 1. The molecule has 0 aromatic heterocycles. The van der Waals surface area contributed by atoms with Crippen LogP contribution in [0.3, 0.4) is 0 Å². The standard InChI is InChI=1S/C12H16ClNO2/c1-12(2,8-14-11(13)15)9-5-4-6-10(7-9)16-3/h4-7H,8H2,1-3H3,(H,14,15). The van der Waals surface area contributed by atoms with Gasteiger partial charge >= 0.3 is 5.37 Å². The number of rotatable bonds is 4. The lowest BCUT2D eigenvalue weighted by atomic mass is 9.84. The van der Waals surface area contributed by atoms with Crippen molar-refractivity contribution in [1.82, 2.24) is 5.32 Å². The molecule has 1 aromatic rings. The van der Waals surface area contributed by atoms with Gasteiger partial charge in [0.05, 0.1) is 7.11 Å². The first-order valence-corrected chi connectivity index (χ1v) is 5.41. The topological polar surface area (TPSA) is 38.3 Å². The molecule has 1 N–H and O–H groups in total. The highest BCUT2D eigenvalue weighted by Crippen LogP contribution is 2.25. The molecule has 0 radical (unpaired) electrons. The molecule has 0 heterocycles. The molecular formula is C12H16ClNO2. The van der Waals surface area contributed by atoms with Crippen molar-refractivity contribution >= 4 is 17.0 Å². The van der Waals surface area contributed by atoms with E-state index in [1.807, 2.05) is 38.1 Å². The van der Waals surface area contributed by atoms with Crippen molar-refractivity contribution in [2.24, 2.45) is 0 Å². The molecule has 0 spiro atoms. The first kappa shape index (κ1) is 12.8. The number of hydrogen-bond donors (Lipinski definition) is 1. The van der Waals surface area contributed by atoms with Gasteiger partial charge in [0.2, 0.25) is 0 Å². The van der Waals surface area contributed by atoms with Crippen LogP contribution in [0.4, 0.5) is 4.79 Å². The van der Waals surface area contributed by atoms with Crippen LogP contribution in [0.5, 0.6) is 5.75 Å². The van der Waals surface area contributed by atoms with Gasteiger partial charge in [0.1, 0.15) is 5.75 Å². The fourth-order valence-electron chi connectivity index (χ4n) is 1.44. The van der Waals surface area contributed by atoms with Crippen LogP contribution in [0.25, 0.3) is 0 Å². The van der Waals surface area contributed by atoms with Crippen molar-refractivity contribution in [2.45, 2.75) is 19.3 Å². The third-order valence-corrected chi connectivity index (χ3v) is 2.65. The van der Waals surface area contributed by atoms with E-state index >= 15 is 0 Å². The number of carbonyl (C=O) groups is 1. The Hall–Kier alpha value is -1.22. The van der Waals surface area contributed by atoms with Crippen LogP contribution in [0, 0.1) is 0 Å². The van der Waals surface area contributed by atoms with Crippen LogP contribution in [0.15, 0.2) is 24.3 Å². The number of ether oxygens (including phenoxy) is 1. The van der Waals surface area contributed by atoms with Gasteiger partial charge in [-0.2, -0.15) is 0 Å². The highest BCUT2D eigenvalue weighted by Gasteiger charge is 2.21. The van der Waals surface area contributed by atoms with E-state index in [9.17, 15) is 4.79 Å². The minimum absolute atomic E-state index is 0.181. The number of benzene rings is 1. The molecule has 0 saturated carbocycles. The van der Waals surface area contributed by atoms with Crippen molar-refractivity contribution in [3.8, 4) is 5.75 Å². The molecule has 1 rings (SSSR count). The van der Waals surface area contributed by atoms with E-state index in [0.29, 0.717) is 6.54 Å². The van der Waals surface area contributed by atoms with Gasteiger partial charge in [-0.25, -0.2) is 0 Å². The fraction of sp³-hybridized carbons (Fsp3) is 0.417. The van der Waals surface area contributed by atoms with Crippen LogP contribution in [-0.4, -0.2) is 19.0 Å². The molecule has 0 bridgehead atoms. The highest BCUT2D eigenvalue weighted by molar-refractivity contribution is 6.62. The largest absolute Gasteiger partial charge is 0.497 e. The van der Waals surface area contributed by atoms with E-state index in [-0.39, 0.29) is 5.41 Å². The van der Waals surface area contributed by atoms with Crippen molar-refractivity contribution in [1.29, 1.82) is 0 Å². The lowest BCUT2D eigenvalue weighted by Crippen LogP contribution is -2.34. The summed E-state index contributed by atoms with van der Waals surface area (Å²) in [5, 5.41) is 2.08. The summed E-state index contributed by atoms with van der Waals surface area (Å²) in [6.45, 7) is 4.56. The molecule has 0 atom stereocenters. The van der Waals surface area contributed by atoms with Crippen LogP contribution in [0.2, 0.25) is 0 Å². The van der Waals surface area contributed by atoms with Gasteiger partial charge in [-0.15, -0.1) is 0 Å². The van der Waals surface area contributed by atoms with E-state index < -0.39 is 5.37 Å². The van der Waals surface area contributed by atoms with Crippen LogP contribution in [-0.2, 0) is 5.41 Å². The molecule has 4 heteroatoms. The van der Waals surface area contributed by atoms with Crippen LogP contribution < -0.4 is 10.1 Å². The zero-order valence-electron chi connectivity index (χ0n) is 9.71. The van der Waals surface area contributed by atoms with Crippen molar-refractivity contribution in [2.75, 3.05) is 13.7 Å². The van der Waals surface area contributed by atoms with Gasteiger partial charge in [-0.3, -0.25) is 4.79 Å². The zero-order chi connectivity index (χ0) is 12.2. The molecule has 1 aromatic carbocycles. The molecule has 0 unspecified atom stereocenters. The maximum absolute atomic E-state index is 10.7. The van der Waals surface area contributed by atoms with Gasteiger partial charge < -0.3 is 10.1 Å². The smallest absolute Gasteiger partial charge is 0.313 e. The highest BCUT2D eigenvalue weighted by atomic mass is 35.5. The molecule has 0 aliphatic carbocycles. The lowest BCUT2D eigenvalue weighted by Gasteiger charge is -2.25.